The lowest BCUT2D eigenvalue weighted by Crippen LogP contribution is -2.53. The summed E-state index contributed by atoms with van der Waals surface area (Å²) in [4.78, 5) is 26.9. The maximum absolute atomic E-state index is 12.8. The average Bonchev–Trinajstić information content (AvgIpc) is 3.24. The van der Waals surface area contributed by atoms with E-state index in [1.807, 2.05) is 13.8 Å². The molecule has 8 nitrogen and oxygen atoms in total. The van der Waals surface area contributed by atoms with Gasteiger partial charge in [0.1, 0.15) is 17.0 Å². The van der Waals surface area contributed by atoms with Gasteiger partial charge in [0.2, 0.25) is 11.8 Å². The molecule has 1 saturated heterocycles. The van der Waals surface area contributed by atoms with Gasteiger partial charge in [0.05, 0.1) is 0 Å². The van der Waals surface area contributed by atoms with Gasteiger partial charge in [-0.25, -0.2) is 0 Å². The Kier molecular flexibility index (Phi) is 5.74. The molecule has 1 fully saturated rings. The Morgan fingerprint density at radius 3 is 2.68 bits per heavy atom. The fraction of sp³-hybridized carbons (Fsp3) is 0.526. The highest BCUT2D eigenvalue weighted by molar-refractivity contribution is 7.90. The average molecular weight is 407 g/mol. The first kappa shape index (κ1) is 20.3. The highest BCUT2D eigenvalue weighted by atomic mass is 32.2. The van der Waals surface area contributed by atoms with Crippen molar-refractivity contribution in [1.29, 1.82) is 0 Å². The Labute approximate surface area is 165 Å². The number of likely N-dealkylation sites (tertiary alicyclic amines) is 1. The molecule has 0 spiro atoms. The predicted molar refractivity (Wildman–Crippen MR) is 105 cm³/mol. The van der Waals surface area contributed by atoms with E-state index in [0.717, 1.165) is 12.8 Å². The number of amidine groups is 1. The Morgan fingerprint density at radius 1 is 1.25 bits per heavy atom. The van der Waals surface area contributed by atoms with Crippen LogP contribution in [0, 0.1) is 0 Å². The Bertz CT molecular complexity index is 912. The highest BCUT2D eigenvalue weighted by Gasteiger charge is 2.39. The van der Waals surface area contributed by atoms with Crippen molar-refractivity contribution in [3.8, 4) is 0 Å². The summed E-state index contributed by atoms with van der Waals surface area (Å²) in [6.45, 7) is 6.05. The molecule has 1 aromatic carbocycles. The third-order valence-corrected chi connectivity index (χ3v) is 6.52. The second-order valence-corrected chi connectivity index (χ2v) is 8.86. The van der Waals surface area contributed by atoms with E-state index in [9.17, 15) is 18.0 Å². The Morgan fingerprint density at radius 2 is 1.96 bits per heavy atom. The molecule has 2 aliphatic rings. The van der Waals surface area contributed by atoms with Crippen LogP contribution in [0.3, 0.4) is 0 Å². The fourth-order valence-corrected chi connectivity index (χ4v) is 4.65. The largest absolute Gasteiger partial charge is 0.352 e. The first-order valence-corrected chi connectivity index (χ1v) is 11.0. The van der Waals surface area contributed by atoms with Gasteiger partial charge in [0.25, 0.3) is 10.0 Å². The second kappa shape index (κ2) is 7.90. The maximum atomic E-state index is 12.8. The first-order valence-electron chi connectivity index (χ1n) is 9.56. The van der Waals surface area contributed by atoms with Crippen LogP contribution in [-0.2, 0) is 19.6 Å². The monoisotopic (exact) mass is 406 g/mol. The number of nitrogens with zero attached hydrogens (tertiary/aromatic N) is 2. The molecule has 0 saturated carbocycles. The fourth-order valence-electron chi connectivity index (χ4n) is 3.43. The molecule has 2 unspecified atom stereocenters. The predicted octanol–water partition coefficient (Wildman–Crippen LogP) is 1.02. The molecule has 0 bridgehead atoms. The minimum atomic E-state index is -3.74. The molecule has 0 radical (unpaired) electrons. The number of carbonyl (C=O) groups is 2. The number of benzene rings is 1. The number of hydrogen-bond donors (Lipinski definition) is 2. The molecule has 3 atom stereocenters. The van der Waals surface area contributed by atoms with Crippen molar-refractivity contribution in [2.45, 2.75) is 63.1 Å². The third kappa shape index (κ3) is 3.89. The lowest BCUT2D eigenvalue weighted by molar-refractivity contribution is -0.130. The van der Waals surface area contributed by atoms with Crippen LogP contribution in [0.5, 0.6) is 0 Å². The third-order valence-electron chi connectivity index (χ3n) is 5.19. The van der Waals surface area contributed by atoms with E-state index in [0.29, 0.717) is 24.4 Å². The van der Waals surface area contributed by atoms with Crippen molar-refractivity contribution in [3.05, 3.63) is 29.8 Å². The van der Waals surface area contributed by atoms with Crippen LogP contribution in [0.2, 0.25) is 0 Å². The van der Waals surface area contributed by atoms with E-state index in [1.165, 1.54) is 6.07 Å². The number of sulfonamides is 1. The molecule has 0 aliphatic carbocycles. The summed E-state index contributed by atoms with van der Waals surface area (Å²) in [5, 5.41) is 5.60. The van der Waals surface area contributed by atoms with Crippen LogP contribution >= 0.6 is 0 Å². The zero-order chi connectivity index (χ0) is 20.5. The van der Waals surface area contributed by atoms with E-state index < -0.39 is 22.1 Å². The number of fused-ring (bicyclic) bond motifs is 1. The van der Waals surface area contributed by atoms with Gasteiger partial charge in [-0.3, -0.25) is 9.59 Å². The van der Waals surface area contributed by atoms with Gasteiger partial charge >= 0.3 is 0 Å². The molecule has 2 heterocycles. The van der Waals surface area contributed by atoms with Gasteiger partial charge in [-0.1, -0.05) is 19.1 Å². The summed E-state index contributed by atoms with van der Waals surface area (Å²) in [6.07, 6.45) is 2.12. The summed E-state index contributed by atoms with van der Waals surface area (Å²) in [7, 11) is -3.74. The molecule has 2 amide bonds. The van der Waals surface area contributed by atoms with Crippen LogP contribution in [0.15, 0.2) is 33.6 Å². The number of nitrogens with one attached hydrogen (secondary N) is 2. The Hall–Kier alpha value is -2.42. The van der Waals surface area contributed by atoms with Gasteiger partial charge in [-0.2, -0.15) is 8.42 Å². The minimum absolute atomic E-state index is 0.0318. The summed E-state index contributed by atoms with van der Waals surface area (Å²) < 4.78 is 28.6. The molecular weight excluding hydrogens is 380 g/mol. The minimum Gasteiger partial charge on any atom is -0.352 e. The normalized spacial score (nSPS) is 22.2. The lowest BCUT2D eigenvalue weighted by atomic mass is 10.1. The summed E-state index contributed by atoms with van der Waals surface area (Å²) in [6, 6.07) is 5.43. The van der Waals surface area contributed by atoms with Crippen molar-refractivity contribution < 1.29 is 18.0 Å². The highest BCUT2D eigenvalue weighted by Crippen LogP contribution is 2.31. The SMILES string of the molecule is CCC(C)NC(=O)C(C)NC(=O)[C@@H]1CCCN1C1=NS(=O)(=O)c2ccccc21. The van der Waals surface area contributed by atoms with E-state index in [4.69, 9.17) is 0 Å². The van der Waals surface area contributed by atoms with Gasteiger partial charge in [0.15, 0.2) is 5.84 Å². The zero-order valence-corrected chi connectivity index (χ0v) is 17.1. The van der Waals surface area contributed by atoms with Crippen molar-refractivity contribution in [2.75, 3.05) is 6.54 Å². The number of amides is 2. The molecule has 152 valence electrons. The topological polar surface area (TPSA) is 108 Å². The van der Waals surface area contributed by atoms with Crippen molar-refractivity contribution in [1.82, 2.24) is 15.5 Å². The van der Waals surface area contributed by atoms with Crippen LogP contribution in [-0.4, -0.2) is 55.6 Å². The standard InChI is InChI=1S/C19H26N4O4S/c1-4-12(2)20-18(24)13(3)21-19(25)15-9-7-11-23(15)17-14-8-5-6-10-16(14)28(26,27)22-17/h5-6,8,10,12-13,15H,4,7,9,11H2,1-3H3,(H,20,24)(H,21,25)/t12?,13?,15-/m0/s1. The molecule has 2 N–H and O–H groups in total. The molecule has 2 aliphatic heterocycles. The van der Waals surface area contributed by atoms with Crippen LogP contribution in [0.25, 0.3) is 0 Å². The zero-order valence-electron chi connectivity index (χ0n) is 16.3. The summed E-state index contributed by atoms with van der Waals surface area (Å²) in [5.41, 5.74) is 0.518. The molecule has 28 heavy (non-hydrogen) atoms. The first-order chi connectivity index (χ1) is 13.2. The van der Waals surface area contributed by atoms with Crippen LogP contribution in [0.4, 0.5) is 0 Å². The lowest BCUT2D eigenvalue weighted by Gasteiger charge is -2.27. The Balaban J connectivity index is 1.75. The molecule has 0 aromatic heterocycles. The van der Waals surface area contributed by atoms with Gasteiger partial charge in [-0.05, 0) is 45.2 Å². The number of rotatable bonds is 5. The maximum Gasteiger partial charge on any atom is 0.285 e. The molecule has 3 rings (SSSR count). The van der Waals surface area contributed by atoms with E-state index in [-0.39, 0.29) is 22.8 Å². The van der Waals surface area contributed by atoms with E-state index in [2.05, 4.69) is 15.0 Å². The van der Waals surface area contributed by atoms with Gasteiger partial charge < -0.3 is 15.5 Å². The van der Waals surface area contributed by atoms with Crippen molar-refractivity contribution in [2.24, 2.45) is 4.40 Å². The van der Waals surface area contributed by atoms with Crippen LogP contribution < -0.4 is 10.6 Å². The number of hydrogen-bond acceptors (Lipinski definition) is 5. The van der Waals surface area contributed by atoms with Crippen LogP contribution in [0.1, 0.15) is 45.6 Å². The second-order valence-electron chi connectivity index (χ2n) is 7.29. The van der Waals surface area contributed by atoms with Gasteiger partial charge in [-0.15, -0.1) is 4.40 Å². The van der Waals surface area contributed by atoms with E-state index in [1.54, 1.807) is 30.0 Å². The molecular formula is C19H26N4O4S. The van der Waals surface area contributed by atoms with Crippen molar-refractivity contribution >= 4 is 27.7 Å². The smallest absolute Gasteiger partial charge is 0.285 e. The summed E-state index contributed by atoms with van der Waals surface area (Å²) in [5.74, 6) is -0.225. The molecule has 1 aromatic rings. The quantitative estimate of drug-likeness (QED) is 0.759. The van der Waals surface area contributed by atoms with Gasteiger partial charge in [0, 0.05) is 18.2 Å². The van der Waals surface area contributed by atoms with Crippen molar-refractivity contribution in [3.63, 3.8) is 0 Å². The number of carbonyl (C=O) groups excluding carboxylic acids is 2. The summed E-state index contributed by atoms with van der Waals surface area (Å²) >= 11 is 0. The van der Waals surface area contributed by atoms with E-state index >= 15 is 0 Å². The molecule has 9 heteroatoms.